The van der Waals surface area contributed by atoms with E-state index in [2.05, 4.69) is 4.98 Å². The van der Waals surface area contributed by atoms with Crippen molar-refractivity contribution in [2.24, 2.45) is 7.05 Å². The van der Waals surface area contributed by atoms with Crippen LogP contribution in [0.5, 0.6) is 0 Å². The van der Waals surface area contributed by atoms with E-state index in [0.717, 1.165) is 32.1 Å². The topological polar surface area (TPSA) is 55.2 Å². The second-order valence-corrected chi connectivity index (χ2v) is 7.14. The highest BCUT2D eigenvalue weighted by atomic mass is 35.5. The van der Waals surface area contributed by atoms with Crippen molar-refractivity contribution in [2.45, 2.75) is 50.1 Å². The van der Waals surface area contributed by atoms with Crippen LogP contribution in [-0.2, 0) is 17.1 Å². The van der Waals surface area contributed by atoms with Crippen LogP contribution in [0.25, 0.3) is 0 Å². The lowest BCUT2D eigenvalue weighted by Gasteiger charge is -2.27. The average Bonchev–Trinajstić information content (AvgIpc) is 2.61. The summed E-state index contributed by atoms with van der Waals surface area (Å²) < 4.78 is 28.5. The van der Waals surface area contributed by atoms with Crippen LogP contribution in [0.1, 0.15) is 39.0 Å². The Balaban J connectivity index is 2.39. The van der Waals surface area contributed by atoms with E-state index in [4.69, 9.17) is 11.6 Å². The molecule has 1 unspecified atom stereocenters. The first-order valence-corrected chi connectivity index (χ1v) is 8.49. The van der Waals surface area contributed by atoms with Gasteiger partial charge < -0.3 is 4.57 Å². The van der Waals surface area contributed by atoms with Gasteiger partial charge in [0.05, 0.1) is 6.33 Å². The zero-order chi connectivity index (χ0) is 14.0. The summed E-state index contributed by atoms with van der Waals surface area (Å²) in [6, 6.07) is 0.0607. The normalized spacial score (nSPS) is 22.4. The number of rotatable bonds is 3. The maximum absolute atomic E-state index is 12.7. The third-order valence-electron chi connectivity index (χ3n) is 3.68. The fourth-order valence-corrected chi connectivity index (χ4v) is 4.71. The van der Waals surface area contributed by atoms with E-state index in [9.17, 15) is 8.42 Å². The summed E-state index contributed by atoms with van der Waals surface area (Å²) in [4.78, 5) is 3.96. The molecular weight excluding hydrogens is 286 g/mol. The maximum Gasteiger partial charge on any atom is 0.263 e. The number of halogens is 1. The molecule has 0 bridgehead atoms. The molecule has 0 aromatic carbocycles. The van der Waals surface area contributed by atoms with Gasteiger partial charge in [0, 0.05) is 19.6 Å². The van der Waals surface area contributed by atoms with Crippen molar-refractivity contribution in [3.63, 3.8) is 0 Å². The Bertz CT molecular complexity index is 541. The van der Waals surface area contributed by atoms with Crippen molar-refractivity contribution in [1.82, 2.24) is 13.9 Å². The molecule has 1 aromatic heterocycles. The Morgan fingerprint density at radius 3 is 2.74 bits per heavy atom. The summed E-state index contributed by atoms with van der Waals surface area (Å²) in [5.74, 6) is 0. The first kappa shape index (κ1) is 14.8. The predicted molar refractivity (Wildman–Crippen MR) is 74.7 cm³/mol. The Kier molecular flexibility index (Phi) is 4.53. The SMILES string of the molecule is CCC1CCCCCN1S(=O)(=O)c1ncn(C)c1Cl. The molecule has 0 spiro atoms. The molecule has 5 nitrogen and oxygen atoms in total. The fraction of sp³-hybridized carbons (Fsp3) is 0.750. The predicted octanol–water partition coefficient (Wildman–Crippen LogP) is 2.42. The monoisotopic (exact) mass is 305 g/mol. The van der Waals surface area contributed by atoms with Gasteiger partial charge in [-0.05, 0) is 19.3 Å². The third kappa shape index (κ3) is 2.80. The lowest BCUT2D eigenvalue weighted by Crippen LogP contribution is -2.39. The van der Waals surface area contributed by atoms with Gasteiger partial charge in [0.2, 0.25) is 5.03 Å². The van der Waals surface area contributed by atoms with Crippen LogP contribution in [0.15, 0.2) is 11.4 Å². The van der Waals surface area contributed by atoms with Crippen LogP contribution in [0.3, 0.4) is 0 Å². The highest BCUT2D eigenvalue weighted by Gasteiger charge is 2.34. The first-order valence-electron chi connectivity index (χ1n) is 6.67. The minimum absolute atomic E-state index is 0.0167. The highest BCUT2D eigenvalue weighted by Crippen LogP contribution is 2.28. The summed E-state index contributed by atoms with van der Waals surface area (Å²) in [7, 11) is -1.90. The van der Waals surface area contributed by atoms with Crippen LogP contribution in [0.2, 0.25) is 5.15 Å². The number of hydrogen-bond acceptors (Lipinski definition) is 3. The van der Waals surface area contributed by atoms with Gasteiger partial charge in [-0.25, -0.2) is 13.4 Å². The Hall–Kier alpha value is -0.590. The van der Waals surface area contributed by atoms with E-state index in [0.29, 0.717) is 6.54 Å². The number of aromatic nitrogens is 2. The van der Waals surface area contributed by atoms with Gasteiger partial charge in [-0.1, -0.05) is 31.4 Å². The van der Waals surface area contributed by atoms with Gasteiger partial charge in [-0.15, -0.1) is 0 Å². The summed E-state index contributed by atoms with van der Waals surface area (Å²) in [6.07, 6.45) is 6.25. The van der Waals surface area contributed by atoms with Crippen LogP contribution in [0.4, 0.5) is 0 Å². The molecule has 1 atom stereocenters. The molecule has 1 aromatic rings. The Labute approximate surface area is 119 Å². The standard InChI is InChI=1S/C12H20ClN3O2S/c1-3-10-7-5-4-6-8-16(10)19(17,18)12-11(13)15(2)9-14-12/h9-10H,3-8H2,1-2H3. The van der Waals surface area contributed by atoms with E-state index in [-0.39, 0.29) is 16.2 Å². The van der Waals surface area contributed by atoms with Crippen molar-refractivity contribution in [3.05, 3.63) is 11.5 Å². The number of aryl methyl sites for hydroxylation is 1. The summed E-state index contributed by atoms with van der Waals surface area (Å²) in [6.45, 7) is 2.59. The maximum atomic E-state index is 12.7. The molecule has 7 heteroatoms. The second-order valence-electron chi connectivity index (χ2n) is 4.98. The Morgan fingerprint density at radius 2 is 2.16 bits per heavy atom. The minimum atomic E-state index is -3.59. The molecule has 2 rings (SSSR count). The minimum Gasteiger partial charge on any atom is -0.324 e. The molecule has 19 heavy (non-hydrogen) atoms. The quantitative estimate of drug-likeness (QED) is 0.862. The number of imidazole rings is 1. The Morgan fingerprint density at radius 1 is 1.42 bits per heavy atom. The van der Waals surface area contributed by atoms with Gasteiger partial charge in [0.25, 0.3) is 10.0 Å². The summed E-state index contributed by atoms with van der Waals surface area (Å²) in [5, 5.41) is 0.163. The summed E-state index contributed by atoms with van der Waals surface area (Å²) in [5.41, 5.74) is 0. The average molecular weight is 306 g/mol. The van der Waals surface area contributed by atoms with Crippen molar-refractivity contribution in [2.75, 3.05) is 6.54 Å². The molecule has 2 heterocycles. The van der Waals surface area contributed by atoms with Crippen molar-refractivity contribution >= 4 is 21.6 Å². The van der Waals surface area contributed by atoms with Crippen LogP contribution in [-0.4, -0.2) is 34.9 Å². The molecule has 0 aliphatic carbocycles. The largest absolute Gasteiger partial charge is 0.324 e. The first-order chi connectivity index (χ1) is 8.98. The zero-order valence-corrected chi connectivity index (χ0v) is 12.9. The highest BCUT2D eigenvalue weighted by molar-refractivity contribution is 7.89. The third-order valence-corrected chi connectivity index (χ3v) is 6.13. The van der Waals surface area contributed by atoms with Crippen molar-refractivity contribution in [1.29, 1.82) is 0 Å². The van der Waals surface area contributed by atoms with E-state index in [1.165, 1.54) is 10.9 Å². The molecule has 1 aliphatic rings. The lowest BCUT2D eigenvalue weighted by molar-refractivity contribution is 0.314. The van der Waals surface area contributed by atoms with Gasteiger partial charge in [0.1, 0.15) is 5.15 Å². The molecule has 1 aliphatic heterocycles. The van der Waals surface area contributed by atoms with E-state index >= 15 is 0 Å². The smallest absolute Gasteiger partial charge is 0.263 e. The van der Waals surface area contributed by atoms with Crippen molar-refractivity contribution in [3.8, 4) is 0 Å². The molecule has 0 radical (unpaired) electrons. The number of sulfonamides is 1. The van der Waals surface area contributed by atoms with Crippen molar-refractivity contribution < 1.29 is 8.42 Å². The van der Waals surface area contributed by atoms with Gasteiger partial charge in [-0.3, -0.25) is 0 Å². The second kappa shape index (κ2) is 5.81. The van der Waals surface area contributed by atoms with E-state index in [1.54, 1.807) is 11.4 Å². The molecule has 0 amide bonds. The molecule has 0 saturated carbocycles. The summed E-state index contributed by atoms with van der Waals surface area (Å²) >= 11 is 6.04. The fourth-order valence-electron chi connectivity index (χ4n) is 2.55. The van der Waals surface area contributed by atoms with Gasteiger partial charge >= 0.3 is 0 Å². The number of hydrogen-bond donors (Lipinski definition) is 0. The molecular formula is C12H20ClN3O2S. The van der Waals surface area contributed by atoms with Gasteiger partial charge in [-0.2, -0.15) is 4.31 Å². The van der Waals surface area contributed by atoms with Crippen LogP contribution in [0, 0.1) is 0 Å². The molecule has 108 valence electrons. The van der Waals surface area contributed by atoms with E-state index in [1.807, 2.05) is 6.92 Å². The zero-order valence-electron chi connectivity index (χ0n) is 11.3. The lowest BCUT2D eigenvalue weighted by atomic mass is 10.1. The van der Waals surface area contributed by atoms with E-state index < -0.39 is 10.0 Å². The number of nitrogens with zero attached hydrogens (tertiary/aromatic N) is 3. The molecule has 1 fully saturated rings. The van der Waals surface area contributed by atoms with Crippen LogP contribution >= 0.6 is 11.6 Å². The van der Waals surface area contributed by atoms with Gasteiger partial charge in [0.15, 0.2) is 0 Å². The van der Waals surface area contributed by atoms with Crippen LogP contribution < -0.4 is 0 Å². The molecule has 0 N–H and O–H groups in total. The molecule has 1 saturated heterocycles.